The van der Waals surface area contributed by atoms with Crippen LogP contribution in [0, 0.1) is 13.8 Å². The number of ether oxygens (including phenoxy) is 1. The van der Waals surface area contributed by atoms with E-state index in [1.807, 2.05) is 26.0 Å². The second kappa shape index (κ2) is 4.44. The van der Waals surface area contributed by atoms with Crippen LogP contribution in [0.2, 0.25) is 0 Å². The molecule has 1 rings (SSSR count). The average molecular weight is 196 g/mol. The normalized spacial score (nSPS) is 12.6. The van der Waals surface area contributed by atoms with E-state index < -0.39 is 6.10 Å². The molecule has 0 saturated carbocycles. The van der Waals surface area contributed by atoms with Crippen LogP contribution in [0.1, 0.15) is 22.8 Å². The van der Waals surface area contributed by atoms with Gasteiger partial charge in [0.15, 0.2) is 0 Å². The zero-order chi connectivity index (χ0) is 10.7. The van der Waals surface area contributed by atoms with Crippen molar-refractivity contribution in [3.63, 3.8) is 0 Å². The fourth-order valence-electron chi connectivity index (χ4n) is 1.60. The van der Waals surface area contributed by atoms with Crippen LogP contribution in [0.3, 0.4) is 0 Å². The zero-order valence-electron chi connectivity index (χ0n) is 8.74. The molecule has 1 aromatic rings. The van der Waals surface area contributed by atoms with Gasteiger partial charge in [-0.2, -0.15) is 0 Å². The zero-order valence-corrected chi connectivity index (χ0v) is 8.74. The average Bonchev–Trinajstić information content (AvgIpc) is 2.16. The molecule has 1 aromatic carbocycles. The van der Waals surface area contributed by atoms with Crippen LogP contribution < -0.4 is 4.74 Å². The Balaban J connectivity index is 3.13. The van der Waals surface area contributed by atoms with Crippen molar-refractivity contribution in [3.8, 4) is 5.75 Å². The van der Waals surface area contributed by atoms with E-state index in [9.17, 15) is 5.11 Å². The summed E-state index contributed by atoms with van der Waals surface area (Å²) in [5.74, 6) is 0.832. The first kappa shape index (κ1) is 11.0. The predicted molar refractivity (Wildman–Crippen MR) is 54.5 cm³/mol. The van der Waals surface area contributed by atoms with Crippen molar-refractivity contribution >= 4 is 0 Å². The summed E-state index contributed by atoms with van der Waals surface area (Å²) in [5.41, 5.74) is 2.66. The first-order chi connectivity index (χ1) is 6.60. The van der Waals surface area contributed by atoms with Crippen LogP contribution in [-0.2, 0) is 0 Å². The highest BCUT2D eigenvalue weighted by atomic mass is 16.5. The summed E-state index contributed by atoms with van der Waals surface area (Å²) in [4.78, 5) is 0. The molecule has 0 aromatic heterocycles. The summed E-state index contributed by atoms with van der Waals surface area (Å²) in [6, 6.07) is 3.65. The Morgan fingerprint density at radius 2 is 1.79 bits per heavy atom. The van der Waals surface area contributed by atoms with Gasteiger partial charge in [0.05, 0.1) is 13.7 Å². The van der Waals surface area contributed by atoms with E-state index in [0.29, 0.717) is 0 Å². The highest BCUT2D eigenvalue weighted by Gasteiger charge is 2.10. The minimum absolute atomic E-state index is 0.259. The molecule has 1 atom stereocenters. The standard InChI is InChI=1S/C11H16O3/c1-7-4-9(10(13)6-12)5-8(2)11(7)14-3/h4-5,10,12-13H,6H2,1-3H3. The van der Waals surface area contributed by atoms with E-state index in [0.717, 1.165) is 22.4 Å². The maximum absolute atomic E-state index is 9.45. The lowest BCUT2D eigenvalue weighted by Crippen LogP contribution is -2.04. The Hall–Kier alpha value is -1.06. The second-order valence-corrected chi connectivity index (χ2v) is 3.39. The van der Waals surface area contributed by atoms with Crippen molar-refractivity contribution in [1.29, 1.82) is 0 Å². The minimum atomic E-state index is -0.807. The van der Waals surface area contributed by atoms with Crippen LogP contribution in [0.25, 0.3) is 0 Å². The van der Waals surface area contributed by atoms with Crippen molar-refractivity contribution in [2.24, 2.45) is 0 Å². The molecule has 0 fully saturated rings. The van der Waals surface area contributed by atoms with Gasteiger partial charge in [-0.15, -0.1) is 0 Å². The summed E-state index contributed by atoms with van der Waals surface area (Å²) >= 11 is 0. The number of rotatable bonds is 3. The van der Waals surface area contributed by atoms with Crippen molar-refractivity contribution in [2.75, 3.05) is 13.7 Å². The SMILES string of the molecule is COc1c(C)cc(C(O)CO)cc1C. The number of methoxy groups -OCH3 is 1. The molecule has 78 valence electrons. The molecule has 0 aliphatic rings. The predicted octanol–water partition coefficient (Wildman–Crippen LogP) is 1.34. The molecule has 0 aliphatic heterocycles. The fraction of sp³-hybridized carbons (Fsp3) is 0.455. The first-order valence-electron chi connectivity index (χ1n) is 4.54. The van der Waals surface area contributed by atoms with Crippen LogP contribution in [-0.4, -0.2) is 23.9 Å². The topological polar surface area (TPSA) is 49.7 Å². The lowest BCUT2D eigenvalue weighted by atomic mass is 10.0. The van der Waals surface area contributed by atoms with E-state index in [1.54, 1.807) is 7.11 Å². The van der Waals surface area contributed by atoms with Gasteiger partial charge in [0.2, 0.25) is 0 Å². The van der Waals surface area contributed by atoms with Crippen molar-refractivity contribution < 1.29 is 14.9 Å². The molecule has 3 nitrogen and oxygen atoms in total. The molecule has 0 spiro atoms. The largest absolute Gasteiger partial charge is 0.496 e. The van der Waals surface area contributed by atoms with E-state index >= 15 is 0 Å². The highest BCUT2D eigenvalue weighted by molar-refractivity contribution is 5.43. The molecule has 14 heavy (non-hydrogen) atoms. The highest BCUT2D eigenvalue weighted by Crippen LogP contribution is 2.26. The van der Waals surface area contributed by atoms with Crippen LogP contribution in [0.5, 0.6) is 5.75 Å². The Labute approximate surface area is 84.0 Å². The van der Waals surface area contributed by atoms with Crippen molar-refractivity contribution in [1.82, 2.24) is 0 Å². The Morgan fingerprint density at radius 1 is 1.29 bits per heavy atom. The molecule has 0 bridgehead atoms. The van der Waals surface area contributed by atoms with Gasteiger partial charge < -0.3 is 14.9 Å². The molecule has 1 unspecified atom stereocenters. The van der Waals surface area contributed by atoms with E-state index in [1.165, 1.54) is 0 Å². The molecule has 3 heteroatoms. The van der Waals surface area contributed by atoms with Crippen LogP contribution in [0.15, 0.2) is 12.1 Å². The molecule has 0 radical (unpaired) electrons. The third kappa shape index (κ3) is 2.05. The maximum Gasteiger partial charge on any atom is 0.124 e. The Kier molecular flexibility index (Phi) is 3.49. The quantitative estimate of drug-likeness (QED) is 0.767. The lowest BCUT2D eigenvalue weighted by molar-refractivity contribution is 0.0955. The molecule has 0 heterocycles. The van der Waals surface area contributed by atoms with Gasteiger partial charge in [-0.1, -0.05) is 0 Å². The van der Waals surface area contributed by atoms with Gasteiger partial charge in [0.1, 0.15) is 11.9 Å². The molecule has 2 N–H and O–H groups in total. The van der Waals surface area contributed by atoms with Gasteiger partial charge in [0, 0.05) is 0 Å². The van der Waals surface area contributed by atoms with Crippen molar-refractivity contribution in [3.05, 3.63) is 28.8 Å². The second-order valence-electron chi connectivity index (χ2n) is 3.39. The number of aryl methyl sites for hydroxylation is 2. The Morgan fingerprint density at radius 3 is 2.14 bits per heavy atom. The van der Waals surface area contributed by atoms with Gasteiger partial charge in [-0.05, 0) is 42.7 Å². The molecule has 0 amide bonds. The molecular weight excluding hydrogens is 180 g/mol. The van der Waals surface area contributed by atoms with Gasteiger partial charge in [-0.3, -0.25) is 0 Å². The van der Waals surface area contributed by atoms with Crippen LogP contribution in [0.4, 0.5) is 0 Å². The minimum Gasteiger partial charge on any atom is -0.496 e. The van der Waals surface area contributed by atoms with Crippen LogP contribution >= 0.6 is 0 Å². The lowest BCUT2D eigenvalue weighted by Gasteiger charge is -2.13. The third-order valence-corrected chi connectivity index (χ3v) is 2.24. The van der Waals surface area contributed by atoms with E-state index in [4.69, 9.17) is 9.84 Å². The monoisotopic (exact) mass is 196 g/mol. The van der Waals surface area contributed by atoms with Gasteiger partial charge in [0.25, 0.3) is 0 Å². The summed E-state index contributed by atoms with van der Waals surface area (Å²) < 4.78 is 5.20. The number of aliphatic hydroxyl groups is 2. The fourth-order valence-corrected chi connectivity index (χ4v) is 1.60. The number of hydrogen-bond acceptors (Lipinski definition) is 3. The third-order valence-electron chi connectivity index (χ3n) is 2.24. The smallest absolute Gasteiger partial charge is 0.124 e. The number of hydrogen-bond donors (Lipinski definition) is 2. The number of aliphatic hydroxyl groups excluding tert-OH is 2. The Bertz CT molecular complexity index is 297. The first-order valence-corrected chi connectivity index (χ1v) is 4.54. The van der Waals surface area contributed by atoms with E-state index in [-0.39, 0.29) is 6.61 Å². The number of benzene rings is 1. The molecular formula is C11H16O3. The van der Waals surface area contributed by atoms with Gasteiger partial charge in [-0.25, -0.2) is 0 Å². The maximum atomic E-state index is 9.45. The summed E-state index contributed by atoms with van der Waals surface area (Å²) in [6.07, 6.45) is -0.807. The molecule has 0 saturated heterocycles. The van der Waals surface area contributed by atoms with Crippen molar-refractivity contribution in [2.45, 2.75) is 20.0 Å². The van der Waals surface area contributed by atoms with Gasteiger partial charge >= 0.3 is 0 Å². The summed E-state index contributed by atoms with van der Waals surface area (Å²) in [5, 5.41) is 18.3. The summed E-state index contributed by atoms with van der Waals surface area (Å²) in [7, 11) is 1.62. The summed E-state index contributed by atoms with van der Waals surface area (Å²) in [6.45, 7) is 3.57. The molecule has 0 aliphatic carbocycles. The van der Waals surface area contributed by atoms with E-state index in [2.05, 4.69) is 0 Å².